The minimum atomic E-state index is -0.441. The van der Waals surface area contributed by atoms with Crippen molar-refractivity contribution in [2.24, 2.45) is 0 Å². The number of hydrogen-bond acceptors (Lipinski definition) is 4. The predicted molar refractivity (Wildman–Crippen MR) is 102 cm³/mol. The smallest absolute Gasteiger partial charge is 0.277 e. The molecule has 1 amide bonds. The van der Waals surface area contributed by atoms with Crippen LogP contribution < -0.4 is 10.1 Å². The van der Waals surface area contributed by atoms with E-state index >= 15 is 0 Å². The number of ether oxygens (including phenoxy) is 1. The van der Waals surface area contributed by atoms with Gasteiger partial charge < -0.3 is 14.6 Å². The molecule has 1 heterocycles. The second-order valence-electron chi connectivity index (χ2n) is 5.85. The fourth-order valence-corrected chi connectivity index (χ4v) is 2.60. The number of carbonyl (C=O) groups is 1. The Morgan fingerprint density at radius 3 is 2.54 bits per heavy atom. The van der Waals surface area contributed by atoms with Gasteiger partial charge in [0.25, 0.3) is 5.91 Å². The van der Waals surface area contributed by atoms with Crippen molar-refractivity contribution in [3.05, 3.63) is 64.3 Å². The molecule has 0 fully saturated rings. The van der Waals surface area contributed by atoms with Gasteiger partial charge in [0.15, 0.2) is 11.5 Å². The Labute approximate surface area is 160 Å². The van der Waals surface area contributed by atoms with Crippen LogP contribution in [0.1, 0.15) is 24.3 Å². The van der Waals surface area contributed by atoms with Gasteiger partial charge in [0, 0.05) is 16.7 Å². The maximum atomic E-state index is 12.3. The molecule has 0 aliphatic carbocycles. The third kappa shape index (κ3) is 4.36. The molecule has 0 saturated carbocycles. The maximum Gasteiger partial charge on any atom is 0.277 e. The molecule has 0 spiro atoms. The van der Waals surface area contributed by atoms with Crippen molar-refractivity contribution < 1.29 is 14.1 Å². The highest BCUT2D eigenvalue weighted by Gasteiger charge is 2.15. The Hall–Kier alpha value is -2.50. The molecule has 1 N–H and O–H groups in total. The van der Waals surface area contributed by atoms with Crippen LogP contribution in [0.4, 0.5) is 5.69 Å². The van der Waals surface area contributed by atoms with Gasteiger partial charge in [-0.15, -0.1) is 0 Å². The molecule has 0 atom stereocenters. The first kappa shape index (κ1) is 18.3. The number of carbonyl (C=O) groups excluding carboxylic acids is 1. The van der Waals surface area contributed by atoms with Gasteiger partial charge in [0.2, 0.25) is 0 Å². The summed E-state index contributed by atoms with van der Waals surface area (Å²) in [6.07, 6.45) is 0.0970. The number of rotatable bonds is 5. The van der Waals surface area contributed by atoms with Crippen molar-refractivity contribution in [2.75, 3.05) is 5.32 Å². The monoisotopic (exact) mass is 390 g/mol. The zero-order valence-electron chi connectivity index (χ0n) is 14.1. The van der Waals surface area contributed by atoms with Gasteiger partial charge in [0.05, 0.1) is 16.8 Å². The van der Waals surface area contributed by atoms with Crippen LogP contribution in [0.2, 0.25) is 10.0 Å². The minimum Gasteiger partial charge on any atom is -0.491 e. The summed E-state index contributed by atoms with van der Waals surface area (Å²) < 4.78 is 10.9. The zero-order chi connectivity index (χ0) is 18.7. The van der Waals surface area contributed by atoms with E-state index in [0.29, 0.717) is 21.5 Å². The van der Waals surface area contributed by atoms with Crippen molar-refractivity contribution in [1.82, 2.24) is 5.16 Å². The van der Waals surface area contributed by atoms with Crippen molar-refractivity contribution in [3.63, 3.8) is 0 Å². The van der Waals surface area contributed by atoms with Crippen LogP contribution in [0.25, 0.3) is 11.3 Å². The van der Waals surface area contributed by atoms with Crippen LogP contribution in [-0.4, -0.2) is 17.2 Å². The molecular weight excluding hydrogens is 375 g/mol. The highest BCUT2D eigenvalue weighted by molar-refractivity contribution is 6.35. The van der Waals surface area contributed by atoms with E-state index < -0.39 is 5.91 Å². The van der Waals surface area contributed by atoms with E-state index in [1.54, 1.807) is 24.3 Å². The lowest BCUT2D eigenvalue weighted by atomic mass is 10.1. The summed E-state index contributed by atoms with van der Waals surface area (Å²) in [6, 6.07) is 13.7. The Morgan fingerprint density at radius 2 is 1.85 bits per heavy atom. The fraction of sp³-hybridized carbons (Fsp3) is 0.158. The number of amides is 1. The van der Waals surface area contributed by atoms with Crippen LogP contribution in [0.5, 0.6) is 5.75 Å². The van der Waals surface area contributed by atoms with Gasteiger partial charge >= 0.3 is 0 Å². The van der Waals surface area contributed by atoms with E-state index in [1.807, 2.05) is 38.1 Å². The van der Waals surface area contributed by atoms with E-state index in [9.17, 15) is 4.79 Å². The predicted octanol–water partition coefficient (Wildman–Crippen LogP) is 5.69. The summed E-state index contributed by atoms with van der Waals surface area (Å²) in [5, 5.41) is 7.33. The van der Waals surface area contributed by atoms with Gasteiger partial charge in [0.1, 0.15) is 5.75 Å². The number of hydrogen-bond donors (Lipinski definition) is 1. The molecule has 0 bridgehead atoms. The van der Waals surface area contributed by atoms with Gasteiger partial charge in [-0.05, 0) is 56.3 Å². The second-order valence-corrected chi connectivity index (χ2v) is 6.69. The Morgan fingerprint density at radius 1 is 1.12 bits per heavy atom. The van der Waals surface area contributed by atoms with Crippen LogP contribution in [-0.2, 0) is 0 Å². The molecule has 0 radical (unpaired) electrons. The lowest BCUT2D eigenvalue weighted by Gasteiger charge is -2.09. The largest absolute Gasteiger partial charge is 0.491 e. The van der Waals surface area contributed by atoms with Crippen LogP contribution in [0.15, 0.2) is 53.1 Å². The lowest BCUT2D eigenvalue weighted by Crippen LogP contribution is -2.12. The topological polar surface area (TPSA) is 64.4 Å². The zero-order valence-corrected chi connectivity index (χ0v) is 15.6. The fourth-order valence-electron chi connectivity index (χ4n) is 2.27. The Kier molecular flexibility index (Phi) is 5.49. The van der Waals surface area contributed by atoms with Crippen LogP contribution >= 0.6 is 23.2 Å². The number of halogens is 2. The van der Waals surface area contributed by atoms with E-state index in [-0.39, 0.29) is 11.8 Å². The average Bonchev–Trinajstić information content (AvgIpc) is 3.08. The number of anilines is 1. The molecule has 5 nitrogen and oxygen atoms in total. The lowest BCUT2D eigenvalue weighted by molar-refractivity contribution is 0.101. The van der Waals surface area contributed by atoms with Gasteiger partial charge in [-0.1, -0.05) is 28.4 Å². The van der Waals surface area contributed by atoms with E-state index in [0.717, 1.165) is 11.3 Å². The molecule has 3 rings (SSSR count). The summed E-state index contributed by atoms with van der Waals surface area (Å²) in [5.41, 5.74) is 1.33. The highest BCUT2D eigenvalue weighted by Crippen LogP contribution is 2.27. The van der Waals surface area contributed by atoms with Crippen molar-refractivity contribution in [1.29, 1.82) is 0 Å². The molecule has 1 aromatic heterocycles. The first-order chi connectivity index (χ1) is 12.4. The number of nitrogens with zero attached hydrogens (tertiary/aromatic N) is 1. The first-order valence-electron chi connectivity index (χ1n) is 7.92. The summed E-state index contributed by atoms with van der Waals surface area (Å²) in [4.78, 5) is 12.3. The minimum absolute atomic E-state index is 0.0970. The molecule has 134 valence electrons. The van der Waals surface area contributed by atoms with E-state index in [4.69, 9.17) is 32.5 Å². The SMILES string of the molecule is CC(C)Oc1ccc(-c2cc(C(=O)Nc3cc(Cl)ccc3Cl)no2)cc1. The Balaban J connectivity index is 1.74. The number of benzene rings is 2. The number of nitrogens with one attached hydrogen (secondary N) is 1. The molecule has 0 saturated heterocycles. The molecule has 0 aliphatic heterocycles. The van der Waals surface area contributed by atoms with E-state index in [1.165, 1.54) is 0 Å². The van der Waals surface area contributed by atoms with Crippen molar-refractivity contribution in [3.8, 4) is 17.1 Å². The summed E-state index contributed by atoms with van der Waals surface area (Å²) in [5.74, 6) is 0.796. The van der Waals surface area contributed by atoms with Gasteiger partial charge in [-0.25, -0.2) is 0 Å². The highest BCUT2D eigenvalue weighted by atomic mass is 35.5. The number of aromatic nitrogens is 1. The maximum absolute atomic E-state index is 12.3. The normalized spacial score (nSPS) is 10.8. The second kappa shape index (κ2) is 7.81. The quantitative estimate of drug-likeness (QED) is 0.607. The molecule has 3 aromatic rings. The third-order valence-corrected chi connectivity index (χ3v) is 3.99. The standard InChI is InChI=1S/C19H16Cl2N2O3/c1-11(2)25-14-6-3-12(4-7-14)18-10-17(23-26-18)19(24)22-16-9-13(20)5-8-15(16)21/h3-11H,1-2H3,(H,22,24). The first-order valence-corrected chi connectivity index (χ1v) is 8.68. The molecule has 26 heavy (non-hydrogen) atoms. The molecule has 0 aliphatic rings. The van der Waals surface area contributed by atoms with Crippen LogP contribution in [0.3, 0.4) is 0 Å². The average molecular weight is 391 g/mol. The van der Waals surface area contributed by atoms with Gasteiger partial charge in [-0.2, -0.15) is 0 Å². The summed E-state index contributed by atoms with van der Waals surface area (Å²) in [7, 11) is 0. The summed E-state index contributed by atoms with van der Waals surface area (Å²) >= 11 is 12.0. The van der Waals surface area contributed by atoms with Crippen LogP contribution in [0, 0.1) is 0 Å². The molecule has 7 heteroatoms. The Bertz CT molecular complexity index is 921. The van der Waals surface area contributed by atoms with Crippen molar-refractivity contribution >= 4 is 34.8 Å². The third-order valence-electron chi connectivity index (χ3n) is 3.43. The van der Waals surface area contributed by atoms with Crippen molar-refractivity contribution in [2.45, 2.75) is 20.0 Å². The summed E-state index contributed by atoms with van der Waals surface area (Å²) in [6.45, 7) is 3.92. The van der Waals surface area contributed by atoms with Gasteiger partial charge in [-0.3, -0.25) is 4.79 Å². The molecule has 2 aromatic carbocycles. The van der Waals surface area contributed by atoms with E-state index in [2.05, 4.69) is 10.5 Å². The molecule has 0 unspecified atom stereocenters. The molecular formula is C19H16Cl2N2O3.